The maximum absolute atomic E-state index is 13.2. The molecule has 0 saturated heterocycles. The lowest BCUT2D eigenvalue weighted by atomic mass is 10.2. The molecule has 158 valence electrons. The van der Waals surface area contributed by atoms with E-state index in [1.54, 1.807) is 31.4 Å². The number of nitrogens with zero attached hydrogens (tertiary/aromatic N) is 3. The lowest BCUT2D eigenvalue weighted by Gasteiger charge is -2.08. The van der Waals surface area contributed by atoms with Crippen molar-refractivity contribution in [3.05, 3.63) is 54.1 Å². The lowest BCUT2D eigenvalue weighted by Crippen LogP contribution is -2.15. The summed E-state index contributed by atoms with van der Waals surface area (Å²) in [6.45, 7) is 6.53. The topological polar surface area (TPSA) is 75.5 Å². The number of rotatable bonds is 9. The maximum Gasteiger partial charge on any atom is 0.336 e. The number of carbonyl (C=O) groups excluding carboxylic acids is 1. The summed E-state index contributed by atoms with van der Waals surface area (Å²) in [4.78, 5) is 17.6. The highest BCUT2D eigenvalue weighted by molar-refractivity contribution is 5.97. The highest BCUT2D eigenvalue weighted by Gasteiger charge is 2.20. The standard InChI is InChI=1S/C23H27N3O4/c1-5-6-15-29-20-13-9-18(10-14-20)22(27)26-21(24-23(25-26)30-16(2)3)17-7-11-19(28-4)12-8-17/h7-14,16H,5-6,15H2,1-4H3. The molecule has 7 nitrogen and oxygen atoms in total. The predicted octanol–water partition coefficient (Wildman–Crippen LogP) is 4.61. The van der Waals surface area contributed by atoms with Crippen LogP contribution in [-0.2, 0) is 0 Å². The van der Waals surface area contributed by atoms with Crippen LogP contribution in [0.15, 0.2) is 48.5 Å². The van der Waals surface area contributed by atoms with Crippen molar-refractivity contribution in [1.82, 2.24) is 14.8 Å². The van der Waals surface area contributed by atoms with E-state index in [0.717, 1.165) is 24.2 Å². The van der Waals surface area contributed by atoms with Crippen molar-refractivity contribution < 1.29 is 19.0 Å². The molecule has 0 saturated carbocycles. The normalized spacial score (nSPS) is 10.8. The van der Waals surface area contributed by atoms with Gasteiger partial charge in [0.25, 0.3) is 5.91 Å². The smallest absolute Gasteiger partial charge is 0.336 e. The van der Waals surface area contributed by atoms with Gasteiger partial charge in [0.1, 0.15) is 11.5 Å². The molecule has 0 bridgehead atoms. The van der Waals surface area contributed by atoms with E-state index in [1.165, 1.54) is 4.68 Å². The highest BCUT2D eigenvalue weighted by atomic mass is 16.5. The average molecular weight is 409 g/mol. The summed E-state index contributed by atoms with van der Waals surface area (Å²) in [5.74, 6) is 1.56. The van der Waals surface area contributed by atoms with Gasteiger partial charge in [0, 0.05) is 11.1 Å². The molecule has 0 N–H and O–H groups in total. The van der Waals surface area contributed by atoms with Crippen molar-refractivity contribution in [3.63, 3.8) is 0 Å². The molecule has 2 aromatic carbocycles. The minimum absolute atomic E-state index is 0.112. The van der Waals surface area contributed by atoms with E-state index >= 15 is 0 Å². The predicted molar refractivity (Wildman–Crippen MR) is 114 cm³/mol. The molecule has 7 heteroatoms. The Morgan fingerprint density at radius 2 is 1.70 bits per heavy atom. The Morgan fingerprint density at radius 1 is 1.03 bits per heavy atom. The highest BCUT2D eigenvalue weighted by Crippen LogP contribution is 2.24. The van der Waals surface area contributed by atoms with E-state index in [4.69, 9.17) is 14.2 Å². The Kier molecular flexibility index (Phi) is 7.06. The van der Waals surface area contributed by atoms with E-state index in [1.807, 2.05) is 38.1 Å². The molecule has 30 heavy (non-hydrogen) atoms. The van der Waals surface area contributed by atoms with Gasteiger partial charge in [-0.05, 0) is 68.8 Å². The van der Waals surface area contributed by atoms with Gasteiger partial charge in [-0.25, -0.2) is 0 Å². The molecule has 0 radical (unpaired) electrons. The number of carbonyl (C=O) groups is 1. The average Bonchev–Trinajstić information content (AvgIpc) is 3.17. The summed E-state index contributed by atoms with van der Waals surface area (Å²) in [6, 6.07) is 14.5. The Labute approximate surface area is 176 Å². The van der Waals surface area contributed by atoms with Crippen LogP contribution in [0, 0.1) is 0 Å². The monoisotopic (exact) mass is 409 g/mol. The first kappa shape index (κ1) is 21.4. The number of hydrogen-bond donors (Lipinski definition) is 0. The van der Waals surface area contributed by atoms with Gasteiger partial charge in [-0.1, -0.05) is 13.3 Å². The molecule has 0 fully saturated rings. The number of benzene rings is 2. The van der Waals surface area contributed by atoms with Crippen molar-refractivity contribution in [3.8, 4) is 28.9 Å². The minimum Gasteiger partial charge on any atom is -0.497 e. The molecule has 0 atom stereocenters. The van der Waals surface area contributed by atoms with Crippen molar-refractivity contribution in [2.75, 3.05) is 13.7 Å². The van der Waals surface area contributed by atoms with Crippen LogP contribution in [0.1, 0.15) is 44.0 Å². The summed E-state index contributed by atoms with van der Waals surface area (Å²) in [5.41, 5.74) is 1.21. The zero-order chi connectivity index (χ0) is 21.5. The van der Waals surface area contributed by atoms with Crippen molar-refractivity contribution in [1.29, 1.82) is 0 Å². The van der Waals surface area contributed by atoms with E-state index in [2.05, 4.69) is 17.0 Å². The number of methoxy groups -OCH3 is 1. The van der Waals surface area contributed by atoms with Gasteiger partial charge in [-0.3, -0.25) is 4.79 Å². The largest absolute Gasteiger partial charge is 0.497 e. The van der Waals surface area contributed by atoms with E-state index in [0.29, 0.717) is 23.7 Å². The number of ether oxygens (including phenoxy) is 3. The van der Waals surface area contributed by atoms with Crippen LogP contribution in [0.3, 0.4) is 0 Å². The van der Waals surface area contributed by atoms with Crippen LogP contribution in [0.25, 0.3) is 11.4 Å². The molecule has 1 heterocycles. The number of aromatic nitrogens is 3. The Hall–Kier alpha value is -3.35. The van der Waals surface area contributed by atoms with Crippen molar-refractivity contribution >= 4 is 5.91 Å². The Morgan fingerprint density at radius 3 is 2.30 bits per heavy atom. The van der Waals surface area contributed by atoms with Gasteiger partial charge < -0.3 is 14.2 Å². The first-order chi connectivity index (χ1) is 14.5. The first-order valence-electron chi connectivity index (χ1n) is 10.1. The van der Waals surface area contributed by atoms with E-state index in [-0.39, 0.29) is 18.0 Å². The second-order valence-electron chi connectivity index (χ2n) is 7.06. The Balaban J connectivity index is 1.90. The van der Waals surface area contributed by atoms with Gasteiger partial charge in [0.15, 0.2) is 5.82 Å². The lowest BCUT2D eigenvalue weighted by molar-refractivity contribution is 0.0943. The third kappa shape index (κ3) is 5.17. The minimum atomic E-state index is -0.299. The second kappa shape index (κ2) is 9.91. The van der Waals surface area contributed by atoms with Crippen LogP contribution in [0.2, 0.25) is 0 Å². The zero-order valence-electron chi connectivity index (χ0n) is 17.8. The summed E-state index contributed by atoms with van der Waals surface area (Å²) in [6.07, 6.45) is 1.94. The molecule has 0 spiro atoms. The fraction of sp³-hybridized carbons (Fsp3) is 0.348. The molecule has 0 aliphatic heterocycles. The second-order valence-corrected chi connectivity index (χ2v) is 7.06. The number of unbranched alkanes of at least 4 members (excludes halogenated alkanes) is 1. The molecule has 1 aromatic heterocycles. The van der Waals surface area contributed by atoms with Crippen LogP contribution >= 0.6 is 0 Å². The molecule has 3 aromatic rings. The first-order valence-corrected chi connectivity index (χ1v) is 10.1. The molecule has 0 unspecified atom stereocenters. The fourth-order valence-electron chi connectivity index (χ4n) is 2.77. The van der Waals surface area contributed by atoms with Gasteiger partial charge in [-0.15, -0.1) is 5.10 Å². The summed E-state index contributed by atoms with van der Waals surface area (Å²) in [5, 5.41) is 4.30. The zero-order valence-corrected chi connectivity index (χ0v) is 17.8. The summed E-state index contributed by atoms with van der Waals surface area (Å²) < 4.78 is 17.8. The SMILES string of the molecule is CCCCOc1ccc(C(=O)n2nc(OC(C)C)nc2-c2ccc(OC)cc2)cc1. The van der Waals surface area contributed by atoms with Crippen LogP contribution < -0.4 is 14.2 Å². The van der Waals surface area contributed by atoms with E-state index in [9.17, 15) is 4.79 Å². The van der Waals surface area contributed by atoms with Gasteiger partial charge in [-0.2, -0.15) is 9.67 Å². The summed E-state index contributed by atoms with van der Waals surface area (Å²) in [7, 11) is 1.60. The molecule has 3 rings (SSSR count). The Bertz CT molecular complexity index is 963. The molecule has 0 amide bonds. The van der Waals surface area contributed by atoms with Gasteiger partial charge >= 0.3 is 6.01 Å². The third-order valence-electron chi connectivity index (χ3n) is 4.34. The molecular formula is C23H27N3O4. The van der Waals surface area contributed by atoms with Crippen LogP contribution in [0.5, 0.6) is 17.5 Å². The third-order valence-corrected chi connectivity index (χ3v) is 4.34. The van der Waals surface area contributed by atoms with Crippen molar-refractivity contribution in [2.45, 2.75) is 39.7 Å². The maximum atomic E-state index is 13.2. The van der Waals surface area contributed by atoms with Gasteiger partial charge in [0.2, 0.25) is 0 Å². The molecular weight excluding hydrogens is 382 g/mol. The van der Waals surface area contributed by atoms with Crippen LogP contribution in [0.4, 0.5) is 0 Å². The molecule has 0 aliphatic rings. The quantitative estimate of drug-likeness (QED) is 0.481. The summed E-state index contributed by atoms with van der Waals surface area (Å²) >= 11 is 0. The fourth-order valence-corrected chi connectivity index (χ4v) is 2.77. The van der Waals surface area contributed by atoms with Gasteiger partial charge in [0.05, 0.1) is 19.8 Å². The number of hydrogen-bond acceptors (Lipinski definition) is 6. The van der Waals surface area contributed by atoms with Crippen molar-refractivity contribution in [2.24, 2.45) is 0 Å². The van der Waals surface area contributed by atoms with Crippen LogP contribution in [-0.4, -0.2) is 40.5 Å². The molecule has 0 aliphatic carbocycles. The van der Waals surface area contributed by atoms with E-state index < -0.39 is 0 Å².